The number of alkyl halides is 2. The predicted octanol–water partition coefficient (Wildman–Crippen LogP) is 2.45. The third-order valence-electron chi connectivity index (χ3n) is 4.80. The van der Waals surface area contributed by atoms with E-state index in [1.165, 1.54) is 10.9 Å². The maximum absolute atomic E-state index is 13.2. The van der Waals surface area contributed by atoms with E-state index in [4.69, 9.17) is 4.74 Å². The molecule has 0 radical (unpaired) electrons. The molecule has 1 aromatic rings. The monoisotopic (exact) mass is 355 g/mol. The highest BCUT2D eigenvalue weighted by Crippen LogP contribution is 2.52. The minimum atomic E-state index is -2.73. The summed E-state index contributed by atoms with van der Waals surface area (Å²) in [5, 5.41) is 6.61. The molecule has 1 saturated heterocycles. The van der Waals surface area contributed by atoms with Gasteiger partial charge >= 0.3 is 5.97 Å². The number of halogens is 2. The number of hydrogen-bond acceptors (Lipinski definition) is 4. The van der Waals surface area contributed by atoms with E-state index in [1.807, 2.05) is 13.8 Å². The van der Waals surface area contributed by atoms with E-state index in [1.54, 1.807) is 13.0 Å². The number of rotatable bonds is 6. The molecular formula is C17H23F2N3O3. The number of cyclic esters (lactones) is 1. The third kappa shape index (κ3) is 3.52. The summed E-state index contributed by atoms with van der Waals surface area (Å²) in [7, 11) is 0. The van der Waals surface area contributed by atoms with Crippen molar-refractivity contribution in [2.75, 3.05) is 0 Å². The second-order valence-electron chi connectivity index (χ2n) is 7.61. The summed E-state index contributed by atoms with van der Waals surface area (Å²) >= 11 is 0. The van der Waals surface area contributed by atoms with Crippen LogP contribution in [0.15, 0.2) is 12.3 Å². The first-order chi connectivity index (χ1) is 11.6. The molecule has 2 aliphatic rings. The van der Waals surface area contributed by atoms with Gasteiger partial charge in [-0.3, -0.25) is 14.3 Å². The molecule has 3 atom stereocenters. The van der Waals surface area contributed by atoms with Gasteiger partial charge in [0.1, 0.15) is 6.04 Å². The Kier molecular flexibility index (Phi) is 4.33. The number of carbonyl (C=O) groups excluding carboxylic acids is 2. The van der Waals surface area contributed by atoms with Crippen LogP contribution < -0.4 is 5.32 Å². The molecule has 1 aromatic heterocycles. The fourth-order valence-electron chi connectivity index (χ4n) is 3.37. The Balaban J connectivity index is 1.60. The summed E-state index contributed by atoms with van der Waals surface area (Å²) in [4.78, 5) is 24.5. The van der Waals surface area contributed by atoms with E-state index in [0.29, 0.717) is 24.5 Å². The second kappa shape index (κ2) is 6.07. The normalized spacial score (nSPS) is 30.4. The van der Waals surface area contributed by atoms with Crippen molar-refractivity contribution < 1.29 is 23.1 Å². The number of carbonyl (C=O) groups is 2. The average Bonchev–Trinajstić information content (AvgIpc) is 2.85. The highest BCUT2D eigenvalue weighted by atomic mass is 19.3. The number of nitrogens with zero attached hydrogens (tertiary/aromatic N) is 2. The number of aromatic nitrogens is 2. The van der Waals surface area contributed by atoms with Crippen molar-refractivity contribution in [1.82, 2.24) is 15.1 Å². The number of esters is 1. The standard InChI is InChI=1S/C17H23F2N3O3/c1-10(2)6-11-7-16(3,25-14(11)23)15(24)20-9-12-4-5-21-22(12)13-8-17(13,18)19/h4-5,10-11,13H,6-9H2,1-3H3,(H,20,24). The van der Waals surface area contributed by atoms with Gasteiger partial charge in [0.05, 0.1) is 18.2 Å². The summed E-state index contributed by atoms with van der Waals surface area (Å²) in [6, 6.07) is 0.656. The lowest BCUT2D eigenvalue weighted by atomic mass is 9.89. The molecule has 8 heteroatoms. The SMILES string of the molecule is CC(C)CC1CC(C)(C(=O)NCc2ccnn2C2CC2(F)F)OC1=O. The summed E-state index contributed by atoms with van der Waals surface area (Å²) in [5.41, 5.74) is -0.715. The van der Waals surface area contributed by atoms with E-state index in [2.05, 4.69) is 10.4 Å². The maximum Gasteiger partial charge on any atom is 0.310 e. The van der Waals surface area contributed by atoms with Gasteiger partial charge in [-0.1, -0.05) is 13.8 Å². The lowest BCUT2D eigenvalue weighted by molar-refractivity contribution is -0.158. The zero-order valence-corrected chi connectivity index (χ0v) is 14.6. The van der Waals surface area contributed by atoms with Crippen LogP contribution in [-0.2, 0) is 20.9 Å². The molecule has 0 aromatic carbocycles. The van der Waals surface area contributed by atoms with E-state index in [0.717, 1.165) is 0 Å². The quantitative estimate of drug-likeness (QED) is 0.796. The lowest BCUT2D eigenvalue weighted by Gasteiger charge is -2.21. The Hall–Kier alpha value is -1.99. The molecule has 25 heavy (non-hydrogen) atoms. The van der Waals surface area contributed by atoms with Gasteiger partial charge in [-0.2, -0.15) is 5.10 Å². The summed E-state index contributed by atoms with van der Waals surface area (Å²) in [6.45, 7) is 5.68. The van der Waals surface area contributed by atoms with Gasteiger partial charge in [0.25, 0.3) is 11.8 Å². The van der Waals surface area contributed by atoms with E-state index in [-0.39, 0.29) is 24.9 Å². The van der Waals surface area contributed by atoms with Gasteiger partial charge in [0.2, 0.25) is 0 Å². The molecule has 0 bridgehead atoms. The highest BCUT2D eigenvalue weighted by molar-refractivity contribution is 5.90. The van der Waals surface area contributed by atoms with Crippen molar-refractivity contribution in [2.45, 2.75) is 64.1 Å². The molecule has 1 amide bonds. The van der Waals surface area contributed by atoms with Crippen molar-refractivity contribution in [2.24, 2.45) is 11.8 Å². The Morgan fingerprint density at radius 2 is 2.16 bits per heavy atom. The van der Waals surface area contributed by atoms with E-state index >= 15 is 0 Å². The van der Waals surface area contributed by atoms with Crippen LogP contribution in [0.25, 0.3) is 0 Å². The summed E-state index contributed by atoms with van der Waals surface area (Å²) in [6.07, 6.45) is 2.20. The molecule has 2 heterocycles. The van der Waals surface area contributed by atoms with Crippen LogP contribution in [0.3, 0.4) is 0 Å². The Bertz CT molecular complexity index is 688. The van der Waals surface area contributed by atoms with Gasteiger partial charge in [-0.15, -0.1) is 0 Å². The fourth-order valence-corrected chi connectivity index (χ4v) is 3.37. The van der Waals surface area contributed by atoms with Gasteiger partial charge < -0.3 is 10.1 Å². The van der Waals surface area contributed by atoms with Crippen LogP contribution in [0.2, 0.25) is 0 Å². The number of ether oxygens (including phenoxy) is 1. The highest BCUT2D eigenvalue weighted by Gasteiger charge is 2.59. The van der Waals surface area contributed by atoms with E-state index < -0.39 is 23.5 Å². The third-order valence-corrected chi connectivity index (χ3v) is 4.80. The molecule has 3 rings (SSSR count). The Morgan fingerprint density at radius 3 is 2.76 bits per heavy atom. The van der Waals surface area contributed by atoms with Gasteiger partial charge in [0.15, 0.2) is 5.60 Å². The zero-order valence-electron chi connectivity index (χ0n) is 14.6. The molecule has 6 nitrogen and oxygen atoms in total. The number of hydrogen-bond donors (Lipinski definition) is 1. The average molecular weight is 355 g/mol. The van der Waals surface area contributed by atoms with Crippen LogP contribution in [0, 0.1) is 11.8 Å². The molecular weight excluding hydrogens is 332 g/mol. The topological polar surface area (TPSA) is 73.2 Å². The molecule has 1 N–H and O–H groups in total. The minimum Gasteiger partial charge on any atom is -0.449 e. The molecule has 2 fully saturated rings. The predicted molar refractivity (Wildman–Crippen MR) is 84.7 cm³/mol. The number of amides is 1. The van der Waals surface area contributed by atoms with Crippen LogP contribution in [0.4, 0.5) is 8.78 Å². The maximum atomic E-state index is 13.2. The van der Waals surface area contributed by atoms with Crippen LogP contribution in [-0.4, -0.2) is 33.2 Å². The molecule has 1 aliphatic heterocycles. The fraction of sp³-hybridized carbons (Fsp3) is 0.706. The largest absolute Gasteiger partial charge is 0.449 e. The van der Waals surface area contributed by atoms with Crippen LogP contribution in [0.1, 0.15) is 51.8 Å². The molecule has 1 saturated carbocycles. The Labute approximate surface area is 144 Å². The smallest absolute Gasteiger partial charge is 0.310 e. The zero-order chi connectivity index (χ0) is 18.4. The van der Waals surface area contributed by atoms with Crippen molar-refractivity contribution in [3.05, 3.63) is 18.0 Å². The first-order valence-corrected chi connectivity index (χ1v) is 8.54. The molecule has 1 aliphatic carbocycles. The first-order valence-electron chi connectivity index (χ1n) is 8.54. The molecule has 3 unspecified atom stereocenters. The second-order valence-corrected chi connectivity index (χ2v) is 7.61. The van der Waals surface area contributed by atoms with E-state index in [9.17, 15) is 18.4 Å². The first kappa shape index (κ1) is 17.8. The van der Waals surface area contributed by atoms with Crippen molar-refractivity contribution in [1.29, 1.82) is 0 Å². The molecule has 138 valence electrons. The van der Waals surface area contributed by atoms with Crippen molar-refractivity contribution in [3.8, 4) is 0 Å². The Morgan fingerprint density at radius 1 is 1.48 bits per heavy atom. The van der Waals surface area contributed by atoms with Gasteiger partial charge in [-0.25, -0.2) is 8.78 Å². The van der Waals surface area contributed by atoms with Crippen molar-refractivity contribution in [3.63, 3.8) is 0 Å². The van der Waals surface area contributed by atoms with Crippen molar-refractivity contribution >= 4 is 11.9 Å². The summed E-state index contributed by atoms with van der Waals surface area (Å²) < 4.78 is 33.0. The van der Waals surface area contributed by atoms with Crippen LogP contribution in [0.5, 0.6) is 0 Å². The van der Waals surface area contributed by atoms with Gasteiger partial charge in [-0.05, 0) is 25.3 Å². The van der Waals surface area contributed by atoms with Gasteiger partial charge in [0, 0.05) is 19.0 Å². The summed E-state index contributed by atoms with van der Waals surface area (Å²) in [5.74, 6) is -3.46. The molecule has 0 spiro atoms. The lowest BCUT2D eigenvalue weighted by Crippen LogP contribution is -2.44. The van der Waals surface area contributed by atoms with Crippen LogP contribution >= 0.6 is 0 Å². The minimum absolute atomic E-state index is 0.0629. The number of nitrogens with one attached hydrogen (secondary N) is 1.